The van der Waals surface area contributed by atoms with Gasteiger partial charge in [-0.05, 0) is 61.5 Å². The summed E-state index contributed by atoms with van der Waals surface area (Å²) >= 11 is 0. The molecule has 1 saturated heterocycles. The molecule has 0 aromatic heterocycles. The van der Waals surface area contributed by atoms with Gasteiger partial charge in [0.1, 0.15) is 11.4 Å². The minimum absolute atomic E-state index is 0.0180. The fourth-order valence-electron chi connectivity index (χ4n) is 4.39. The molecule has 0 aliphatic carbocycles. The van der Waals surface area contributed by atoms with Gasteiger partial charge in [-0.2, -0.15) is 0 Å². The van der Waals surface area contributed by atoms with Gasteiger partial charge in [0, 0.05) is 19.5 Å². The third-order valence-corrected chi connectivity index (χ3v) is 6.13. The third kappa shape index (κ3) is 5.33. The Labute approximate surface area is 177 Å². The first-order valence-electron chi connectivity index (χ1n) is 11.5. The Balaban J connectivity index is 0.00000117. The van der Waals surface area contributed by atoms with Crippen LogP contribution in [0.3, 0.4) is 0 Å². The normalized spacial score (nSPS) is 21.5. The molecule has 2 aromatic carbocycles. The van der Waals surface area contributed by atoms with E-state index in [4.69, 9.17) is 4.74 Å². The molecule has 4 rings (SSSR count). The zero-order valence-electron chi connectivity index (χ0n) is 18.7. The van der Waals surface area contributed by atoms with Gasteiger partial charge in [-0.3, -0.25) is 0 Å². The smallest absolute Gasteiger partial charge is 0.143 e. The summed E-state index contributed by atoms with van der Waals surface area (Å²) in [5, 5.41) is 3.53. The highest BCUT2D eigenvalue weighted by Crippen LogP contribution is 2.40. The van der Waals surface area contributed by atoms with Gasteiger partial charge in [-0.15, -0.1) is 0 Å². The summed E-state index contributed by atoms with van der Waals surface area (Å²) in [5.41, 5.74) is 3.99. The predicted octanol–water partition coefficient (Wildman–Crippen LogP) is 6.14. The fourth-order valence-corrected chi connectivity index (χ4v) is 4.39. The van der Waals surface area contributed by atoms with Crippen LogP contribution in [0, 0.1) is 0 Å². The van der Waals surface area contributed by atoms with E-state index in [1.54, 1.807) is 0 Å². The maximum Gasteiger partial charge on any atom is 0.143 e. The van der Waals surface area contributed by atoms with E-state index in [0.29, 0.717) is 5.92 Å². The van der Waals surface area contributed by atoms with Crippen LogP contribution in [-0.2, 0) is 6.54 Å². The summed E-state index contributed by atoms with van der Waals surface area (Å²) < 4.78 is 6.70. The van der Waals surface area contributed by atoms with Gasteiger partial charge in [0.25, 0.3) is 0 Å². The molecule has 1 N–H and O–H groups in total. The van der Waals surface area contributed by atoms with Gasteiger partial charge in [0.05, 0.1) is 5.69 Å². The predicted molar refractivity (Wildman–Crippen MR) is 124 cm³/mol. The van der Waals surface area contributed by atoms with E-state index in [-0.39, 0.29) is 5.60 Å². The topological polar surface area (TPSA) is 24.5 Å². The van der Waals surface area contributed by atoms with Crippen molar-refractivity contribution in [3.63, 3.8) is 0 Å². The zero-order chi connectivity index (χ0) is 20.7. The lowest BCUT2D eigenvalue weighted by molar-refractivity contribution is 0.0539. The molecule has 3 nitrogen and oxygen atoms in total. The Morgan fingerprint density at radius 3 is 2.48 bits per heavy atom. The van der Waals surface area contributed by atoms with Crippen molar-refractivity contribution in [2.75, 3.05) is 24.5 Å². The highest BCUT2D eigenvalue weighted by atomic mass is 16.5. The van der Waals surface area contributed by atoms with Crippen molar-refractivity contribution in [3.8, 4) is 5.75 Å². The largest absolute Gasteiger partial charge is 0.485 e. The minimum Gasteiger partial charge on any atom is -0.485 e. The summed E-state index contributed by atoms with van der Waals surface area (Å²) in [6.45, 7) is 12.6. The van der Waals surface area contributed by atoms with Crippen molar-refractivity contribution in [2.45, 2.75) is 71.4 Å². The van der Waals surface area contributed by atoms with Gasteiger partial charge in [-0.25, -0.2) is 0 Å². The molecule has 2 heterocycles. The van der Waals surface area contributed by atoms with Crippen molar-refractivity contribution in [1.29, 1.82) is 0 Å². The van der Waals surface area contributed by atoms with Gasteiger partial charge in [0.2, 0.25) is 0 Å². The van der Waals surface area contributed by atoms with E-state index in [9.17, 15) is 0 Å². The molecule has 158 valence electrons. The maximum absolute atomic E-state index is 6.70. The molecule has 3 heteroatoms. The quantitative estimate of drug-likeness (QED) is 0.677. The second-order valence-electron chi connectivity index (χ2n) is 8.42. The van der Waals surface area contributed by atoms with Crippen LogP contribution in [0.15, 0.2) is 48.5 Å². The molecule has 1 unspecified atom stereocenters. The van der Waals surface area contributed by atoms with E-state index >= 15 is 0 Å². The van der Waals surface area contributed by atoms with E-state index in [0.717, 1.165) is 51.2 Å². The van der Waals surface area contributed by atoms with E-state index in [1.165, 1.54) is 23.2 Å². The number of nitrogens with one attached hydrogen (secondary N) is 1. The standard InChI is InChI=1S/C24H32N2O.C2H6/c1-19(2)21-10-8-20(9-11-21)18-26-17-14-24(12-5-15-25-16-13-24)27-23-7-4-3-6-22(23)26;1-2/h3-4,6-11,19,25H,5,12-18H2,1-2H3;1-2H3. The number of para-hydroxylation sites is 2. The number of hydrogen-bond acceptors (Lipinski definition) is 3. The van der Waals surface area contributed by atoms with Gasteiger partial charge >= 0.3 is 0 Å². The lowest BCUT2D eigenvalue weighted by atomic mass is 9.90. The average Bonchev–Trinajstić information content (AvgIpc) is 3.07. The number of rotatable bonds is 3. The summed E-state index contributed by atoms with van der Waals surface area (Å²) in [6, 6.07) is 17.7. The second kappa shape index (κ2) is 10.2. The highest BCUT2D eigenvalue weighted by Gasteiger charge is 2.36. The molecule has 2 aliphatic heterocycles. The van der Waals surface area contributed by atoms with Crippen molar-refractivity contribution in [2.24, 2.45) is 0 Å². The van der Waals surface area contributed by atoms with Crippen molar-refractivity contribution < 1.29 is 4.74 Å². The van der Waals surface area contributed by atoms with Crippen LogP contribution in [0.25, 0.3) is 0 Å². The molecule has 0 radical (unpaired) electrons. The SMILES string of the molecule is CC.CC(C)c1ccc(CN2CCC3(CCCNCC3)Oc3ccccc32)cc1. The summed E-state index contributed by atoms with van der Waals surface area (Å²) in [7, 11) is 0. The molecule has 0 saturated carbocycles. The van der Waals surface area contributed by atoms with E-state index < -0.39 is 0 Å². The number of anilines is 1. The number of fused-ring (bicyclic) bond motifs is 1. The number of ether oxygens (including phenoxy) is 1. The lowest BCUT2D eigenvalue weighted by Gasteiger charge is -2.32. The van der Waals surface area contributed by atoms with Gasteiger partial charge in [0.15, 0.2) is 0 Å². The molecule has 0 bridgehead atoms. The van der Waals surface area contributed by atoms with Crippen LogP contribution in [-0.4, -0.2) is 25.2 Å². The summed E-state index contributed by atoms with van der Waals surface area (Å²) in [4.78, 5) is 2.51. The van der Waals surface area contributed by atoms with Crippen molar-refractivity contribution >= 4 is 5.69 Å². The van der Waals surface area contributed by atoms with E-state index in [2.05, 4.69) is 72.6 Å². The Kier molecular flexibility index (Phi) is 7.60. The Hall–Kier alpha value is -2.00. The molecule has 1 fully saturated rings. The van der Waals surface area contributed by atoms with E-state index in [1.807, 2.05) is 13.8 Å². The van der Waals surface area contributed by atoms with Crippen LogP contribution >= 0.6 is 0 Å². The summed E-state index contributed by atoms with van der Waals surface area (Å²) in [5.74, 6) is 1.63. The number of hydrogen-bond donors (Lipinski definition) is 1. The second-order valence-corrected chi connectivity index (χ2v) is 8.42. The Morgan fingerprint density at radius 1 is 0.966 bits per heavy atom. The number of nitrogens with zero attached hydrogens (tertiary/aromatic N) is 1. The monoisotopic (exact) mass is 394 g/mol. The van der Waals surface area contributed by atoms with Crippen LogP contribution in [0.1, 0.15) is 70.4 Å². The fraction of sp³-hybridized carbons (Fsp3) is 0.538. The number of benzene rings is 2. The molecule has 1 atom stereocenters. The van der Waals surface area contributed by atoms with Crippen LogP contribution in [0.4, 0.5) is 5.69 Å². The molecule has 2 aromatic rings. The third-order valence-electron chi connectivity index (χ3n) is 6.13. The molecule has 1 spiro atoms. The van der Waals surface area contributed by atoms with Crippen molar-refractivity contribution in [1.82, 2.24) is 5.32 Å². The highest BCUT2D eigenvalue weighted by molar-refractivity contribution is 5.59. The van der Waals surface area contributed by atoms with Crippen LogP contribution in [0.5, 0.6) is 5.75 Å². The molecule has 0 amide bonds. The van der Waals surface area contributed by atoms with Crippen LogP contribution < -0.4 is 15.0 Å². The van der Waals surface area contributed by atoms with Crippen LogP contribution in [0.2, 0.25) is 0 Å². The first-order valence-corrected chi connectivity index (χ1v) is 11.5. The Morgan fingerprint density at radius 2 is 1.72 bits per heavy atom. The van der Waals surface area contributed by atoms with Crippen molar-refractivity contribution in [3.05, 3.63) is 59.7 Å². The molecular weight excluding hydrogens is 356 g/mol. The lowest BCUT2D eigenvalue weighted by Crippen LogP contribution is -2.38. The zero-order valence-corrected chi connectivity index (χ0v) is 18.7. The Bertz CT molecular complexity index is 746. The average molecular weight is 395 g/mol. The minimum atomic E-state index is -0.0180. The molecular formula is C26H38N2O. The summed E-state index contributed by atoms with van der Waals surface area (Å²) in [6.07, 6.45) is 4.52. The molecule has 2 aliphatic rings. The van der Waals surface area contributed by atoms with Gasteiger partial charge < -0.3 is 15.0 Å². The molecule has 29 heavy (non-hydrogen) atoms. The first kappa shape index (κ1) is 21.7. The maximum atomic E-state index is 6.70. The van der Waals surface area contributed by atoms with Gasteiger partial charge in [-0.1, -0.05) is 64.1 Å². The first-order chi connectivity index (χ1) is 14.2.